The van der Waals surface area contributed by atoms with Crippen molar-refractivity contribution in [2.24, 2.45) is 0 Å². The number of benzene rings is 2. The van der Waals surface area contributed by atoms with Gasteiger partial charge in [-0.3, -0.25) is 14.6 Å². The van der Waals surface area contributed by atoms with Gasteiger partial charge in [0.2, 0.25) is 11.8 Å². The van der Waals surface area contributed by atoms with E-state index < -0.39 is 0 Å². The van der Waals surface area contributed by atoms with Crippen LogP contribution in [-0.4, -0.2) is 58.6 Å². The summed E-state index contributed by atoms with van der Waals surface area (Å²) >= 11 is 0. The monoisotopic (exact) mass is 405 g/mol. The lowest BCUT2D eigenvalue weighted by atomic mass is 10.1. The average molecular weight is 406 g/mol. The van der Waals surface area contributed by atoms with E-state index in [-0.39, 0.29) is 11.9 Å². The van der Waals surface area contributed by atoms with Crippen LogP contribution in [0, 0.1) is 0 Å². The van der Waals surface area contributed by atoms with E-state index in [1.165, 1.54) is 5.56 Å². The van der Waals surface area contributed by atoms with E-state index in [0.29, 0.717) is 24.7 Å². The van der Waals surface area contributed by atoms with Crippen molar-refractivity contribution in [3.63, 3.8) is 0 Å². The molecule has 156 valence electrons. The second-order valence-electron chi connectivity index (χ2n) is 7.61. The normalized spacial score (nSPS) is 16.3. The Balaban J connectivity index is 1.25. The summed E-state index contributed by atoms with van der Waals surface area (Å²) in [6.45, 7) is 5.87. The lowest BCUT2D eigenvalue weighted by molar-refractivity contribution is -0.117. The summed E-state index contributed by atoms with van der Waals surface area (Å²) in [6, 6.07) is 19.8. The van der Waals surface area contributed by atoms with Gasteiger partial charge in [0.1, 0.15) is 0 Å². The van der Waals surface area contributed by atoms with E-state index in [1.807, 2.05) is 48.5 Å². The molecule has 3 aromatic rings. The van der Waals surface area contributed by atoms with Crippen molar-refractivity contribution >= 4 is 11.6 Å². The first-order valence-electron chi connectivity index (χ1n) is 10.3. The van der Waals surface area contributed by atoms with Crippen molar-refractivity contribution in [3.05, 3.63) is 77.9 Å². The molecule has 2 aromatic carbocycles. The van der Waals surface area contributed by atoms with Crippen LogP contribution in [0.25, 0.3) is 0 Å². The van der Waals surface area contributed by atoms with Gasteiger partial charge < -0.3 is 9.84 Å². The van der Waals surface area contributed by atoms with Crippen LogP contribution in [0.15, 0.2) is 65.2 Å². The smallest absolute Gasteiger partial charge is 0.243 e. The first kappa shape index (κ1) is 20.3. The van der Waals surface area contributed by atoms with E-state index in [2.05, 4.69) is 44.3 Å². The van der Waals surface area contributed by atoms with Gasteiger partial charge in [0, 0.05) is 38.3 Å². The Morgan fingerprint density at radius 3 is 2.40 bits per heavy atom. The summed E-state index contributed by atoms with van der Waals surface area (Å²) in [6.07, 6.45) is 0.668. The predicted molar refractivity (Wildman–Crippen MR) is 115 cm³/mol. The van der Waals surface area contributed by atoms with Crippen molar-refractivity contribution < 1.29 is 9.32 Å². The number of amides is 1. The number of aromatic nitrogens is 2. The second kappa shape index (κ2) is 9.65. The maximum Gasteiger partial charge on any atom is 0.243 e. The first-order chi connectivity index (χ1) is 14.7. The average Bonchev–Trinajstić information content (AvgIpc) is 3.23. The van der Waals surface area contributed by atoms with Gasteiger partial charge in [-0.1, -0.05) is 53.7 Å². The molecular weight excluding hydrogens is 378 g/mol. The number of anilines is 1. The third-order valence-electron chi connectivity index (χ3n) is 5.43. The van der Waals surface area contributed by atoms with Crippen LogP contribution in [0.5, 0.6) is 0 Å². The molecule has 30 heavy (non-hydrogen) atoms. The van der Waals surface area contributed by atoms with Gasteiger partial charge in [-0.05, 0) is 24.6 Å². The van der Waals surface area contributed by atoms with Crippen LogP contribution in [-0.2, 0) is 11.2 Å². The van der Waals surface area contributed by atoms with Crippen LogP contribution < -0.4 is 5.32 Å². The topological polar surface area (TPSA) is 74.5 Å². The molecule has 7 nitrogen and oxygen atoms in total. The van der Waals surface area contributed by atoms with Gasteiger partial charge in [0.15, 0.2) is 5.82 Å². The molecule has 0 aliphatic carbocycles. The molecule has 0 radical (unpaired) electrons. The highest BCUT2D eigenvalue weighted by Crippen LogP contribution is 2.21. The number of hydrogen-bond acceptors (Lipinski definition) is 6. The van der Waals surface area contributed by atoms with Crippen molar-refractivity contribution in [2.45, 2.75) is 19.4 Å². The quantitative estimate of drug-likeness (QED) is 0.651. The highest BCUT2D eigenvalue weighted by molar-refractivity contribution is 5.92. The molecular formula is C23H27N5O2. The van der Waals surface area contributed by atoms with Crippen LogP contribution in [0.4, 0.5) is 5.69 Å². The zero-order valence-corrected chi connectivity index (χ0v) is 17.2. The Morgan fingerprint density at radius 1 is 1.03 bits per heavy atom. The highest BCUT2D eigenvalue weighted by atomic mass is 16.5. The minimum absolute atomic E-state index is 0.0187. The third-order valence-corrected chi connectivity index (χ3v) is 5.43. The summed E-state index contributed by atoms with van der Waals surface area (Å²) in [5.41, 5.74) is 2.00. The SMILES string of the molecule is CC(c1nc(Cc2ccccc2)no1)N1CCN(CC(=O)Nc2ccccc2)CC1. The first-order valence-corrected chi connectivity index (χ1v) is 10.3. The van der Waals surface area contributed by atoms with Crippen molar-refractivity contribution in [2.75, 3.05) is 38.0 Å². The number of nitrogens with zero attached hydrogens (tertiary/aromatic N) is 4. The molecule has 0 saturated carbocycles. The molecule has 1 amide bonds. The molecule has 1 N–H and O–H groups in total. The Morgan fingerprint density at radius 2 is 1.70 bits per heavy atom. The van der Waals surface area contributed by atoms with Crippen LogP contribution in [0.2, 0.25) is 0 Å². The zero-order valence-electron chi connectivity index (χ0n) is 17.2. The van der Waals surface area contributed by atoms with Gasteiger partial charge in [0.25, 0.3) is 0 Å². The summed E-state index contributed by atoms with van der Waals surface area (Å²) in [4.78, 5) is 21.4. The molecule has 0 spiro atoms. The Labute approximate surface area is 176 Å². The standard InChI is InChI=1S/C23H27N5O2/c1-18(23-25-21(26-30-23)16-19-8-4-2-5-9-19)28-14-12-27(13-15-28)17-22(29)24-20-10-6-3-7-11-20/h2-11,18H,12-17H2,1H3,(H,24,29). The Bertz CT molecular complexity index is 936. The molecule has 7 heteroatoms. The van der Waals surface area contributed by atoms with Crippen molar-refractivity contribution in [1.82, 2.24) is 19.9 Å². The zero-order chi connectivity index (χ0) is 20.8. The predicted octanol–water partition coefficient (Wildman–Crippen LogP) is 2.98. The Hall–Kier alpha value is -3.03. The highest BCUT2D eigenvalue weighted by Gasteiger charge is 2.26. The molecule has 4 rings (SSSR count). The lowest BCUT2D eigenvalue weighted by Gasteiger charge is -2.36. The molecule has 2 heterocycles. The maximum atomic E-state index is 12.3. The van der Waals surface area contributed by atoms with Crippen molar-refractivity contribution in [1.29, 1.82) is 0 Å². The van der Waals surface area contributed by atoms with Gasteiger partial charge >= 0.3 is 0 Å². The van der Waals surface area contributed by atoms with Crippen LogP contribution in [0.3, 0.4) is 0 Å². The number of nitrogens with one attached hydrogen (secondary N) is 1. The fraction of sp³-hybridized carbons (Fsp3) is 0.348. The lowest BCUT2D eigenvalue weighted by Crippen LogP contribution is -2.49. The van der Waals surface area contributed by atoms with Crippen LogP contribution in [0.1, 0.15) is 30.2 Å². The fourth-order valence-electron chi connectivity index (χ4n) is 3.68. The molecule has 1 fully saturated rings. The number of rotatable bonds is 7. The number of para-hydroxylation sites is 1. The summed E-state index contributed by atoms with van der Waals surface area (Å²) in [7, 11) is 0. The number of carbonyl (C=O) groups excluding carboxylic acids is 1. The van der Waals surface area contributed by atoms with Crippen LogP contribution >= 0.6 is 0 Å². The van der Waals surface area contributed by atoms with E-state index in [1.54, 1.807) is 0 Å². The minimum atomic E-state index is 0.0187. The van der Waals surface area contributed by atoms with Crippen molar-refractivity contribution in [3.8, 4) is 0 Å². The van der Waals surface area contributed by atoms with E-state index >= 15 is 0 Å². The molecule has 1 aliphatic rings. The molecule has 1 aromatic heterocycles. The molecule has 1 atom stereocenters. The van der Waals surface area contributed by atoms with Gasteiger partial charge in [0.05, 0.1) is 12.6 Å². The third kappa shape index (κ3) is 5.31. The number of hydrogen-bond donors (Lipinski definition) is 1. The summed E-state index contributed by atoms with van der Waals surface area (Å²) in [5.74, 6) is 1.38. The van der Waals surface area contributed by atoms with E-state index in [9.17, 15) is 4.79 Å². The van der Waals surface area contributed by atoms with E-state index in [4.69, 9.17) is 4.52 Å². The number of piperazine rings is 1. The number of carbonyl (C=O) groups is 1. The van der Waals surface area contributed by atoms with E-state index in [0.717, 1.165) is 31.9 Å². The Kier molecular flexibility index (Phi) is 6.51. The molecule has 1 aliphatic heterocycles. The second-order valence-corrected chi connectivity index (χ2v) is 7.61. The van der Waals surface area contributed by atoms with Gasteiger partial charge in [-0.2, -0.15) is 4.98 Å². The summed E-state index contributed by atoms with van der Waals surface area (Å²) in [5, 5.41) is 7.09. The molecule has 1 saturated heterocycles. The minimum Gasteiger partial charge on any atom is -0.338 e. The van der Waals surface area contributed by atoms with Gasteiger partial charge in [-0.15, -0.1) is 0 Å². The molecule has 0 bridgehead atoms. The summed E-state index contributed by atoms with van der Waals surface area (Å²) < 4.78 is 5.53. The van der Waals surface area contributed by atoms with Gasteiger partial charge in [-0.25, -0.2) is 0 Å². The fourth-order valence-corrected chi connectivity index (χ4v) is 3.68. The largest absolute Gasteiger partial charge is 0.338 e. The molecule has 1 unspecified atom stereocenters. The maximum absolute atomic E-state index is 12.3.